The number of benzene rings is 1. The smallest absolute Gasteiger partial charge is 0.302 e. The molecule has 1 aliphatic carbocycles. The van der Waals surface area contributed by atoms with E-state index in [9.17, 15) is 9.59 Å². The van der Waals surface area contributed by atoms with E-state index in [-0.39, 0.29) is 23.7 Å². The largest absolute Gasteiger partial charge is 0.460 e. The van der Waals surface area contributed by atoms with Crippen molar-refractivity contribution in [2.24, 2.45) is 7.05 Å². The number of hydrogen-bond donors (Lipinski definition) is 1. The van der Waals surface area contributed by atoms with Crippen LogP contribution in [-0.2, 0) is 23.0 Å². The normalized spacial score (nSPS) is 16.9. The number of carbonyl (C=O) groups excluding carboxylic acids is 1. The minimum absolute atomic E-state index is 0.221. The number of esters is 1. The van der Waals surface area contributed by atoms with E-state index >= 15 is 0 Å². The number of aromatic nitrogens is 3. The number of hydrogen-bond acceptors (Lipinski definition) is 7. The summed E-state index contributed by atoms with van der Waals surface area (Å²) in [6, 6.07) is 9.66. The molecule has 172 valence electrons. The number of nitrogens with one attached hydrogen (secondary N) is 1. The van der Waals surface area contributed by atoms with Gasteiger partial charge in [-0.1, -0.05) is 24.3 Å². The highest BCUT2D eigenvalue weighted by Gasteiger charge is 2.35. The van der Waals surface area contributed by atoms with E-state index in [0.717, 1.165) is 22.5 Å². The zero-order valence-electron chi connectivity index (χ0n) is 19.8. The summed E-state index contributed by atoms with van der Waals surface area (Å²) < 4.78 is 7.18. The van der Waals surface area contributed by atoms with Crippen molar-refractivity contribution in [2.75, 3.05) is 24.3 Å². The van der Waals surface area contributed by atoms with Gasteiger partial charge in [-0.05, 0) is 36.6 Å². The highest BCUT2D eigenvalue weighted by atomic mass is 16.5. The summed E-state index contributed by atoms with van der Waals surface area (Å²) in [7, 11) is 5.57. The second-order valence-corrected chi connectivity index (χ2v) is 8.68. The second kappa shape index (κ2) is 8.69. The molecule has 4 rings (SSSR count). The highest BCUT2D eigenvalue weighted by molar-refractivity contribution is 5.67. The molecule has 2 heterocycles. The number of nitrogens with zero attached hydrogens (tertiary/aromatic N) is 4. The van der Waals surface area contributed by atoms with Gasteiger partial charge in [-0.15, -0.1) is 0 Å². The Kier molecular flexibility index (Phi) is 5.93. The average Bonchev–Trinajstić information content (AvgIpc) is 3.10. The lowest BCUT2D eigenvalue weighted by Crippen LogP contribution is -2.31. The average molecular weight is 448 g/mol. The third-order valence-corrected chi connectivity index (χ3v) is 6.07. The number of carbonyl (C=O) groups is 1. The highest BCUT2D eigenvalue weighted by Crippen LogP contribution is 2.36. The predicted molar refractivity (Wildman–Crippen MR) is 129 cm³/mol. The van der Waals surface area contributed by atoms with Gasteiger partial charge in [0, 0.05) is 46.2 Å². The maximum atomic E-state index is 13.3. The van der Waals surface area contributed by atoms with Gasteiger partial charge in [0.05, 0.1) is 11.7 Å². The van der Waals surface area contributed by atoms with E-state index < -0.39 is 0 Å². The van der Waals surface area contributed by atoms with Crippen LogP contribution in [0.1, 0.15) is 35.3 Å². The lowest BCUT2D eigenvalue weighted by Gasteiger charge is -2.25. The van der Waals surface area contributed by atoms with Gasteiger partial charge in [0.25, 0.3) is 5.56 Å². The molecule has 0 amide bonds. The van der Waals surface area contributed by atoms with Gasteiger partial charge in [0.2, 0.25) is 0 Å². The molecular weight excluding hydrogens is 418 g/mol. The Balaban J connectivity index is 1.74. The van der Waals surface area contributed by atoms with Crippen LogP contribution in [0.25, 0.3) is 11.3 Å². The third-order valence-electron chi connectivity index (χ3n) is 6.07. The summed E-state index contributed by atoms with van der Waals surface area (Å²) in [5.41, 5.74) is 4.63. The van der Waals surface area contributed by atoms with Crippen molar-refractivity contribution in [3.05, 3.63) is 69.3 Å². The Bertz CT molecular complexity index is 1280. The molecule has 2 aromatic heterocycles. The molecule has 0 radical (unpaired) electrons. The summed E-state index contributed by atoms with van der Waals surface area (Å²) in [5, 5.41) is 3.45. The van der Waals surface area contributed by atoms with Crippen molar-refractivity contribution >= 4 is 17.6 Å². The van der Waals surface area contributed by atoms with Gasteiger partial charge in [0.15, 0.2) is 0 Å². The van der Waals surface area contributed by atoms with Gasteiger partial charge >= 0.3 is 5.97 Å². The summed E-state index contributed by atoms with van der Waals surface area (Å²) in [4.78, 5) is 36.1. The first-order valence-electron chi connectivity index (χ1n) is 10.9. The summed E-state index contributed by atoms with van der Waals surface area (Å²) >= 11 is 0. The van der Waals surface area contributed by atoms with Crippen LogP contribution in [-0.4, -0.2) is 40.7 Å². The Morgan fingerprint density at radius 1 is 1.24 bits per heavy atom. The van der Waals surface area contributed by atoms with Gasteiger partial charge in [-0.3, -0.25) is 14.2 Å². The van der Waals surface area contributed by atoms with Crippen LogP contribution in [0, 0.1) is 13.8 Å². The number of aryl methyl sites for hydroxylation is 2. The Morgan fingerprint density at radius 2 is 1.97 bits per heavy atom. The van der Waals surface area contributed by atoms with Crippen LogP contribution in [0.15, 0.2) is 41.3 Å². The van der Waals surface area contributed by atoms with Gasteiger partial charge < -0.3 is 15.0 Å². The Morgan fingerprint density at radius 3 is 2.64 bits per heavy atom. The van der Waals surface area contributed by atoms with E-state index in [1.54, 1.807) is 17.8 Å². The molecule has 0 aliphatic heterocycles. The molecular formula is C25H29N5O3. The van der Waals surface area contributed by atoms with Crippen molar-refractivity contribution in [1.82, 2.24) is 14.5 Å². The number of fused-ring (bicyclic) bond motifs is 1. The SMILES string of the molecule is CC(=O)O[C@H]1Cc2ccccc2C1Nc1c(C)nc(-c2cnc(N(C)C)cc2C)c(=O)n1C. The molecule has 0 fully saturated rings. The number of ether oxygens (including phenoxy) is 1. The molecule has 1 N–H and O–H groups in total. The van der Waals surface area contributed by atoms with Crippen molar-refractivity contribution < 1.29 is 9.53 Å². The van der Waals surface area contributed by atoms with E-state index in [2.05, 4.69) is 15.3 Å². The lowest BCUT2D eigenvalue weighted by molar-refractivity contribution is -0.146. The standard InChI is InChI=1S/C25H29N5O3/c1-14-11-21(29(4)5)26-13-19(14)23-25(32)30(6)24(15(2)27-23)28-22-18-10-8-7-9-17(18)12-20(22)33-16(3)31/h7-11,13,20,22,28H,12H2,1-6H3/t20-,22?/m0/s1. The predicted octanol–water partition coefficient (Wildman–Crippen LogP) is 3.17. The minimum Gasteiger partial charge on any atom is -0.460 e. The van der Waals surface area contributed by atoms with Crippen LogP contribution in [0.4, 0.5) is 11.6 Å². The van der Waals surface area contributed by atoms with Crippen molar-refractivity contribution in [1.29, 1.82) is 0 Å². The molecule has 1 unspecified atom stereocenters. The maximum Gasteiger partial charge on any atom is 0.302 e. The molecule has 1 aromatic carbocycles. The van der Waals surface area contributed by atoms with Gasteiger partial charge in [-0.25, -0.2) is 9.97 Å². The van der Waals surface area contributed by atoms with Gasteiger partial charge in [0.1, 0.15) is 23.4 Å². The first-order chi connectivity index (χ1) is 15.7. The minimum atomic E-state index is -0.362. The van der Waals surface area contributed by atoms with Crippen LogP contribution in [0.5, 0.6) is 0 Å². The van der Waals surface area contributed by atoms with Crippen LogP contribution >= 0.6 is 0 Å². The second-order valence-electron chi connectivity index (χ2n) is 8.68. The number of rotatable bonds is 5. The maximum absolute atomic E-state index is 13.3. The zero-order valence-corrected chi connectivity index (χ0v) is 19.8. The van der Waals surface area contributed by atoms with Crippen molar-refractivity contribution in [3.63, 3.8) is 0 Å². The molecule has 0 saturated carbocycles. The topological polar surface area (TPSA) is 89.3 Å². The molecule has 0 spiro atoms. The third kappa shape index (κ3) is 4.20. The lowest BCUT2D eigenvalue weighted by atomic mass is 10.1. The molecule has 1 aliphatic rings. The van der Waals surface area contributed by atoms with Crippen LogP contribution < -0.4 is 15.8 Å². The molecule has 8 heteroatoms. The quantitative estimate of drug-likeness (QED) is 0.601. The molecule has 33 heavy (non-hydrogen) atoms. The van der Waals surface area contributed by atoms with Gasteiger partial charge in [-0.2, -0.15) is 0 Å². The van der Waals surface area contributed by atoms with E-state index in [1.165, 1.54) is 6.92 Å². The first-order valence-corrected chi connectivity index (χ1v) is 10.9. The molecule has 0 saturated heterocycles. The summed E-state index contributed by atoms with van der Waals surface area (Å²) in [6.45, 7) is 5.23. The molecule has 0 bridgehead atoms. The van der Waals surface area contributed by atoms with E-state index in [0.29, 0.717) is 29.2 Å². The van der Waals surface area contributed by atoms with E-state index in [4.69, 9.17) is 4.74 Å². The Hall–Kier alpha value is -3.68. The fourth-order valence-corrected chi connectivity index (χ4v) is 4.38. The fraction of sp³-hybridized carbons (Fsp3) is 0.360. The summed E-state index contributed by atoms with van der Waals surface area (Å²) in [5.74, 6) is 1.08. The van der Waals surface area contributed by atoms with E-state index in [1.807, 2.05) is 63.2 Å². The van der Waals surface area contributed by atoms with Crippen molar-refractivity contribution in [2.45, 2.75) is 39.3 Å². The van der Waals surface area contributed by atoms with Crippen molar-refractivity contribution in [3.8, 4) is 11.3 Å². The molecule has 3 aromatic rings. The summed E-state index contributed by atoms with van der Waals surface area (Å²) in [6.07, 6.45) is 1.96. The molecule has 8 nitrogen and oxygen atoms in total. The zero-order chi connectivity index (χ0) is 23.9. The van der Waals surface area contributed by atoms with Crippen LogP contribution in [0.3, 0.4) is 0 Å². The fourth-order valence-electron chi connectivity index (χ4n) is 4.38. The number of pyridine rings is 1. The first kappa shape index (κ1) is 22.5. The molecule has 2 atom stereocenters. The monoisotopic (exact) mass is 447 g/mol. The van der Waals surface area contributed by atoms with Crippen LogP contribution in [0.2, 0.25) is 0 Å². The number of anilines is 2. The Labute approximate surface area is 193 Å².